The summed E-state index contributed by atoms with van der Waals surface area (Å²) in [4.78, 5) is 37.4. The fourth-order valence-electron chi connectivity index (χ4n) is 2.69. The molecule has 1 aliphatic rings. The maximum absolute atomic E-state index is 14.7. The Hall–Kier alpha value is -2.74. The molecule has 0 saturated carbocycles. The van der Waals surface area contributed by atoms with Gasteiger partial charge in [0.05, 0.1) is 13.1 Å². The molecular formula is C17H15BFNO5. The van der Waals surface area contributed by atoms with Crippen LogP contribution in [0.25, 0.3) is 10.8 Å². The molecule has 1 atom stereocenters. The normalized spacial score (nSPS) is 17.4. The van der Waals surface area contributed by atoms with E-state index >= 15 is 0 Å². The van der Waals surface area contributed by atoms with E-state index in [4.69, 9.17) is 9.31 Å². The molecule has 1 saturated heterocycles. The number of benzene rings is 2. The largest absolute Gasteiger partial charge is 0.644 e. The number of hydrogen-bond donors (Lipinski definition) is 0. The van der Waals surface area contributed by atoms with Crippen LogP contribution < -0.4 is 0 Å². The number of halogens is 1. The van der Waals surface area contributed by atoms with Gasteiger partial charge in [-0.3, -0.25) is 19.3 Å². The van der Waals surface area contributed by atoms with Gasteiger partial charge in [-0.1, -0.05) is 42.5 Å². The third-order valence-electron chi connectivity index (χ3n) is 3.84. The lowest BCUT2D eigenvalue weighted by Gasteiger charge is -2.23. The van der Waals surface area contributed by atoms with E-state index in [2.05, 4.69) is 0 Å². The number of carbonyl (C=O) groups excluding carboxylic acids is 3. The summed E-state index contributed by atoms with van der Waals surface area (Å²) in [6, 6.07) is 11.9. The molecule has 1 fully saturated rings. The molecule has 128 valence electrons. The zero-order valence-corrected chi connectivity index (χ0v) is 13.5. The van der Waals surface area contributed by atoms with E-state index in [1.54, 1.807) is 36.4 Å². The third-order valence-corrected chi connectivity index (χ3v) is 3.84. The van der Waals surface area contributed by atoms with Crippen LogP contribution in [0.2, 0.25) is 0 Å². The van der Waals surface area contributed by atoms with Crippen molar-refractivity contribution in [1.29, 1.82) is 0 Å². The van der Waals surface area contributed by atoms with Crippen molar-refractivity contribution in [3.05, 3.63) is 48.0 Å². The van der Waals surface area contributed by atoms with Crippen LogP contribution in [0.1, 0.15) is 10.4 Å². The predicted octanol–water partition coefficient (Wildman–Crippen LogP) is 1.42. The molecule has 3 rings (SSSR count). The first kappa shape index (κ1) is 17.1. The standard InChI is InChI=1S/C17H15BFNO5/c1-20-9-14(21)24-18(25-15(22)10-20)17(19)16(23)13-8-4-6-11-5-2-3-7-12(11)13/h2-8,17H,9-10H2,1H3/t17-/m0/s1. The molecule has 0 bridgehead atoms. The van der Waals surface area contributed by atoms with Gasteiger partial charge in [-0.15, -0.1) is 0 Å². The number of hydrogen-bond acceptors (Lipinski definition) is 6. The summed E-state index contributed by atoms with van der Waals surface area (Å²) in [5.41, 5.74) is 0.136. The second-order valence-corrected chi connectivity index (χ2v) is 5.81. The van der Waals surface area contributed by atoms with Crippen LogP contribution in [-0.2, 0) is 18.9 Å². The second-order valence-electron chi connectivity index (χ2n) is 5.81. The lowest BCUT2D eigenvalue weighted by Crippen LogP contribution is -2.48. The summed E-state index contributed by atoms with van der Waals surface area (Å²) in [6.07, 6.45) is -2.30. The van der Waals surface area contributed by atoms with Crippen molar-refractivity contribution in [3.63, 3.8) is 0 Å². The van der Waals surface area contributed by atoms with E-state index in [0.29, 0.717) is 5.39 Å². The fourth-order valence-corrected chi connectivity index (χ4v) is 2.69. The molecule has 0 aromatic heterocycles. The number of carbonyl (C=O) groups is 3. The molecule has 0 N–H and O–H groups in total. The highest BCUT2D eigenvalue weighted by Gasteiger charge is 2.45. The van der Waals surface area contributed by atoms with Crippen molar-refractivity contribution in [2.45, 2.75) is 6.07 Å². The quantitative estimate of drug-likeness (QED) is 0.620. The molecule has 0 amide bonds. The van der Waals surface area contributed by atoms with Gasteiger partial charge in [-0.25, -0.2) is 4.39 Å². The van der Waals surface area contributed by atoms with Crippen LogP contribution in [-0.4, -0.2) is 55.9 Å². The SMILES string of the molecule is CN1CC(=O)OB([C@@H](F)C(=O)c2cccc3ccccc23)OC(=O)C1. The predicted molar refractivity (Wildman–Crippen MR) is 88.6 cm³/mol. The molecule has 0 radical (unpaired) electrons. The van der Waals surface area contributed by atoms with Gasteiger partial charge in [0.15, 0.2) is 5.78 Å². The molecule has 6 nitrogen and oxygen atoms in total. The van der Waals surface area contributed by atoms with Gasteiger partial charge < -0.3 is 9.31 Å². The molecule has 25 heavy (non-hydrogen) atoms. The average Bonchev–Trinajstić information content (AvgIpc) is 2.58. The average molecular weight is 343 g/mol. The van der Waals surface area contributed by atoms with Crippen molar-refractivity contribution in [2.75, 3.05) is 20.1 Å². The monoisotopic (exact) mass is 343 g/mol. The van der Waals surface area contributed by atoms with Crippen LogP contribution in [0.5, 0.6) is 0 Å². The Bertz CT molecular complexity index is 817. The van der Waals surface area contributed by atoms with E-state index in [1.165, 1.54) is 18.0 Å². The Kier molecular flexibility index (Phi) is 4.80. The van der Waals surface area contributed by atoms with Gasteiger partial charge in [-0.2, -0.15) is 0 Å². The highest BCUT2D eigenvalue weighted by atomic mass is 19.1. The molecule has 2 aromatic rings. The topological polar surface area (TPSA) is 72.9 Å². The number of nitrogens with zero attached hydrogens (tertiary/aromatic N) is 1. The molecule has 1 heterocycles. The molecule has 0 aliphatic carbocycles. The van der Waals surface area contributed by atoms with Crippen LogP contribution >= 0.6 is 0 Å². The molecule has 0 unspecified atom stereocenters. The lowest BCUT2D eigenvalue weighted by atomic mass is 9.77. The van der Waals surface area contributed by atoms with E-state index in [9.17, 15) is 18.8 Å². The summed E-state index contributed by atoms with van der Waals surface area (Å²) < 4.78 is 24.4. The first-order valence-corrected chi connectivity index (χ1v) is 7.69. The maximum Gasteiger partial charge on any atom is 0.644 e. The Morgan fingerprint density at radius 2 is 1.68 bits per heavy atom. The summed E-state index contributed by atoms with van der Waals surface area (Å²) in [6.45, 7) is -0.387. The molecule has 1 aliphatic heterocycles. The van der Waals surface area contributed by atoms with E-state index < -0.39 is 30.9 Å². The van der Waals surface area contributed by atoms with Gasteiger partial charge in [0.1, 0.15) is 0 Å². The maximum atomic E-state index is 14.7. The van der Waals surface area contributed by atoms with Crippen LogP contribution in [0.4, 0.5) is 4.39 Å². The second kappa shape index (κ2) is 7.02. The molecule has 8 heteroatoms. The highest BCUT2D eigenvalue weighted by Crippen LogP contribution is 2.22. The molecular weight excluding hydrogens is 328 g/mol. The van der Waals surface area contributed by atoms with E-state index in [1.807, 2.05) is 0 Å². The number of ketones is 1. The van der Waals surface area contributed by atoms with Crippen molar-refractivity contribution < 1.29 is 28.1 Å². The Morgan fingerprint density at radius 3 is 2.36 bits per heavy atom. The fraction of sp³-hybridized carbons (Fsp3) is 0.235. The number of alkyl halides is 1. The van der Waals surface area contributed by atoms with Crippen LogP contribution in [0.15, 0.2) is 42.5 Å². The minimum Gasteiger partial charge on any atom is -0.496 e. The zero-order chi connectivity index (χ0) is 18.0. The Labute approximate surface area is 143 Å². The summed E-state index contributed by atoms with van der Waals surface area (Å²) in [7, 11) is -0.364. The Balaban J connectivity index is 1.88. The van der Waals surface area contributed by atoms with Crippen LogP contribution in [0, 0.1) is 0 Å². The first-order valence-electron chi connectivity index (χ1n) is 7.69. The van der Waals surface area contributed by atoms with Crippen molar-refractivity contribution in [2.24, 2.45) is 0 Å². The summed E-state index contributed by atoms with van der Waals surface area (Å²) in [5.74, 6) is -2.45. The molecule has 0 spiro atoms. The summed E-state index contributed by atoms with van der Waals surface area (Å²) >= 11 is 0. The molecule has 2 aromatic carbocycles. The van der Waals surface area contributed by atoms with Gasteiger partial charge in [-0.05, 0) is 17.8 Å². The van der Waals surface area contributed by atoms with Crippen LogP contribution in [0.3, 0.4) is 0 Å². The van der Waals surface area contributed by atoms with Gasteiger partial charge in [0, 0.05) is 5.56 Å². The van der Waals surface area contributed by atoms with Crippen molar-refractivity contribution >= 4 is 35.6 Å². The minimum absolute atomic E-state index is 0.136. The minimum atomic E-state index is -2.30. The zero-order valence-electron chi connectivity index (χ0n) is 13.5. The van der Waals surface area contributed by atoms with Crippen molar-refractivity contribution in [3.8, 4) is 0 Å². The Morgan fingerprint density at radius 1 is 1.08 bits per heavy atom. The van der Waals surface area contributed by atoms with Gasteiger partial charge >= 0.3 is 19.1 Å². The van der Waals surface area contributed by atoms with E-state index in [0.717, 1.165) is 5.39 Å². The third kappa shape index (κ3) is 3.69. The smallest absolute Gasteiger partial charge is 0.496 e. The number of likely N-dealkylation sites (N-methyl/N-ethyl adjacent to an activating group) is 1. The summed E-state index contributed by atoms with van der Waals surface area (Å²) in [5, 5.41) is 1.34. The van der Waals surface area contributed by atoms with Gasteiger partial charge in [0.25, 0.3) is 0 Å². The van der Waals surface area contributed by atoms with Crippen molar-refractivity contribution in [1.82, 2.24) is 4.90 Å². The number of rotatable bonds is 3. The van der Waals surface area contributed by atoms with E-state index in [-0.39, 0.29) is 18.7 Å². The number of Topliss-reactive ketones (excluding diaryl/α,β-unsaturated/α-hetero) is 1. The first-order chi connectivity index (χ1) is 12.0. The highest BCUT2D eigenvalue weighted by molar-refractivity contribution is 6.56. The van der Waals surface area contributed by atoms with Gasteiger partial charge in [0.2, 0.25) is 6.07 Å². The number of fused-ring (bicyclic) bond motifs is 1. The lowest BCUT2D eigenvalue weighted by molar-refractivity contribution is -0.146.